The number of carbonyl (C=O) groups is 2. The molecule has 2 amide bonds. The van der Waals surface area contributed by atoms with E-state index in [1.54, 1.807) is 40.6 Å². The van der Waals surface area contributed by atoms with E-state index in [2.05, 4.69) is 10.3 Å². The molecule has 160 valence electrons. The Hall–Kier alpha value is -3.20. The third kappa shape index (κ3) is 4.93. The lowest BCUT2D eigenvalue weighted by molar-refractivity contribution is -0.137. The van der Waals surface area contributed by atoms with Crippen LogP contribution in [0.5, 0.6) is 0 Å². The van der Waals surface area contributed by atoms with Crippen LogP contribution in [0.4, 0.5) is 24.0 Å². The van der Waals surface area contributed by atoms with Crippen LogP contribution in [-0.2, 0) is 22.2 Å². The van der Waals surface area contributed by atoms with E-state index < -0.39 is 11.7 Å². The zero-order chi connectivity index (χ0) is 22.0. The van der Waals surface area contributed by atoms with Crippen molar-refractivity contribution >= 4 is 34.0 Å². The maximum atomic E-state index is 12.9. The van der Waals surface area contributed by atoms with Crippen molar-refractivity contribution in [1.29, 1.82) is 0 Å². The van der Waals surface area contributed by atoms with Gasteiger partial charge in [0.2, 0.25) is 11.8 Å². The van der Waals surface area contributed by atoms with Gasteiger partial charge in [-0.3, -0.25) is 14.5 Å². The van der Waals surface area contributed by atoms with Gasteiger partial charge in [-0.05, 0) is 41.8 Å². The Kier molecular flexibility index (Phi) is 5.77. The maximum absolute atomic E-state index is 12.9. The van der Waals surface area contributed by atoms with Crippen LogP contribution in [0.3, 0.4) is 0 Å². The first-order valence-electron chi connectivity index (χ1n) is 9.62. The SMILES string of the molecule is O=C(Cc1csc(N2CCCC2=O)n1)Nc1ccc(-c2cccc(C(F)(F)F)c2)cc1. The number of nitrogens with one attached hydrogen (secondary N) is 1. The molecule has 0 aliphatic carbocycles. The highest BCUT2D eigenvalue weighted by atomic mass is 32.1. The molecule has 0 bridgehead atoms. The van der Waals surface area contributed by atoms with Gasteiger partial charge < -0.3 is 5.32 Å². The third-order valence-corrected chi connectivity index (χ3v) is 5.79. The number of alkyl halides is 3. The predicted molar refractivity (Wildman–Crippen MR) is 113 cm³/mol. The zero-order valence-electron chi connectivity index (χ0n) is 16.3. The smallest absolute Gasteiger partial charge is 0.326 e. The molecule has 1 fully saturated rings. The van der Waals surface area contributed by atoms with Gasteiger partial charge in [0.15, 0.2) is 5.13 Å². The lowest BCUT2D eigenvalue weighted by atomic mass is 10.0. The molecular weight excluding hydrogens is 427 g/mol. The van der Waals surface area contributed by atoms with Gasteiger partial charge in [-0.25, -0.2) is 4.98 Å². The van der Waals surface area contributed by atoms with Crippen LogP contribution >= 0.6 is 11.3 Å². The highest BCUT2D eigenvalue weighted by molar-refractivity contribution is 7.14. The number of aromatic nitrogens is 1. The molecule has 2 aromatic carbocycles. The average molecular weight is 445 g/mol. The Morgan fingerprint density at radius 3 is 2.58 bits per heavy atom. The van der Waals surface area contributed by atoms with E-state index >= 15 is 0 Å². The van der Waals surface area contributed by atoms with E-state index in [4.69, 9.17) is 0 Å². The number of amides is 2. The Morgan fingerprint density at radius 1 is 1.13 bits per heavy atom. The molecule has 2 heterocycles. The number of halogens is 3. The lowest BCUT2D eigenvalue weighted by Gasteiger charge is -2.10. The van der Waals surface area contributed by atoms with Gasteiger partial charge in [-0.2, -0.15) is 13.2 Å². The van der Waals surface area contributed by atoms with E-state index in [1.165, 1.54) is 17.4 Å². The minimum atomic E-state index is -4.40. The summed E-state index contributed by atoms with van der Waals surface area (Å²) in [4.78, 5) is 30.2. The van der Waals surface area contributed by atoms with E-state index in [0.29, 0.717) is 40.6 Å². The third-order valence-electron chi connectivity index (χ3n) is 4.88. The molecule has 1 N–H and O–H groups in total. The molecule has 9 heteroatoms. The summed E-state index contributed by atoms with van der Waals surface area (Å²) >= 11 is 1.34. The highest BCUT2D eigenvalue weighted by Crippen LogP contribution is 2.32. The molecule has 3 aromatic rings. The van der Waals surface area contributed by atoms with Crippen molar-refractivity contribution < 1.29 is 22.8 Å². The number of hydrogen-bond donors (Lipinski definition) is 1. The molecule has 0 radical (unpaired) electrons. The minimum absolute atomic E-state index is 0.0474. The molecule has 5 nitrogen and oxygen atoms in total. The van der Waals surface area contributed by atoms with Crippen LogP contribution in [0.2, 0.25) is 0 Å². The predicted octanol–water partition coefficient (Wildman–Crippen LogP) is 5.14. The zero-order valence-corrected chi connectivity index (χ0v) is 17.1. The summed E-state index contributed by atoms with van der Waals surface area (Å²) < 4.78 is 38.7. The van der Waals surface area contributed by atoms with E-state index in [-0.39, 0.29) is 18.2 Å². The summed E-state index contributed by atoms with van der Waals surface area (Å²) in [6.45, 7) is 0.649. The number of thiazole rings is 1. The van der Waals surface area contributed by atoms with Crippen LogP contribution in [0.25, 0.3) is 11.1 Å². The first-order valence-corrected chi connectivity index (χ1v) is 10.5. The van der Waals surface area contributed by atoms with Gasteiger partial charge in [0.25, 0.3) is 0 Å². The number of rotatable bonds is 5. The quantitative estimate of drug-likeness (QED) is 0.592. The molecular formula is C22H18F3N3O2S. The van der Waals surface area contributed by atoms with Crippen LogP contribution < -0.4 is 10.2 Å². The Morgan fingerprint density at radius 2 is 1.90 bits per heavy atom. The average Bonchev–Trinajstić information content (AvgIpc) is 3.36. The number of anilines is 2. The fourth-order valence-electron chi connectivity index (χ4n) is 3.34. The van der Waals surface area contributed by atoms with Crippen LogP contribution in [-0.4, -0.2) is 23.3 Å². The summed E-state index contributed by atoms with van der Waals surface area (Å²) in [6.07, 6.45) is -3.01. The summed E-state index contributed by atoms with van der Waals surface area (Å²) in [5.74, 6) is -0.220. The second kappa shape index (κ2) is 8.50. The van der Waals surface area contributed by atoms with Crippen LogP contribution in [0.15, 0.2) is 53.9 Å². The molecule has 1 aliphatic heterocycles. The summed E-state index contributed by atoms with van der Waals surface area (Å²) in [7, 11) is 0. The molecule has 0 unspecified atom stereocenters. The van der Waals surface area contributed by atoms with Crippen molar-refractivity contribution in [1.82, 2.24) is 4.98 Å². The second-order valence-corrected chi connectivity index (χ2v) is 7.99. The van der Waals surface area contributed by atoms with Crippen molar-refractivity contribution in [3.05, 3.63) is 65.2 Å². The molecule has 31 heavy (non-hydrogen) atoms. The van der Waals surface area contributed by atoms with Crippen molar-refractivity contribution in [2.24, 2.45) is 0 Å². The van der Waals surface area contributed by atoms with Crippen molar-refractivity contribution in [2.75, 3.05) is 16.8 Å². The van der Waals surface area contributed by atoms with Gasteiger partial charge in [-0.1, -0.05) is 24.3 Å². The van der Waals surface area contributed by atoms with Crippen molar-refractivity contribution in [3.8, 4) is 11.1 Å². The van der Waals surface area contributed by atoms with Crippen LogP contribution in [0.1, 0.15) is 24.1 Å². The van der Waals surface area contributed by atoms with E-state index in [1.807, 2.05) is 0 Å². The monoisotopic (exact) mass is 445 g/mol. The number of hydrogen-bond acceptors (Lipinski definition) is 4. The lowest BCUT2D eigenvalue weighted by Crippen LogP contribution is -2.23. The normalized spacial score (nSPS) is 14.2. The fourth-order valence-corrected chi connectivity index (χ4v) is 4.21. The van der Waals surface area contributed by atoms with Crippen molar-refractivity contribution in [3.63, 3.8) is 0 Å². The highest BCUT2D eigenvalue weighted by Gasteiger charge is 2.30. The topological polar surface area (TPSA) is 62.3 Å². The van der Waals surface area contributed by atoms with Gasteiger partial charge in [-0.15, -0.1) is 11.3 Å². The van der Waals surface area contributed by atoms with Crippen molar-refractivity contribution in [2.45, 2.75) is 25.4 Å². The molecule has 4 rings (SSSR count). The molecule has 0 spiro atoms. The molecule has 1 aromatic heterocycles. The second-order valence-electron chi connectivity index (χ2n) is 7.15. The summed E-state index contributed by atoms with van der Waals surface area (Å²) in [5.41, 5.74) is 1.46. The standard InChI is InChI=1S/C22H18F3N3O2S/c23-22(24,25)16-4-1-3-15(11-16)14-6-8-17(9-7-14)26-19(29)12-18-13-31-21(27-18)28-10-2-5-20(28)30/h1,3-4,6-9,11,13H,2,5,10,12H2,(H,26,29). The molecule has 0 atom stereocenters. The van der Waals surface area contributed by atoms with Crippen LogP contribution in [0, 0.1) is 0 Å². The van der Waals surface area contributed by atoms with Gasteiger partial charge >= 0.3 is 6.18 Å². The first-order chi connectivity index (χ1) is 14.8. The van der Waals surface area contributed by atoms with E-state index in [0.717, 1.165) is 18.6 Å². The van der Waals surface area contributed by atoms with Gasteiger partial charge in [0, 0.05) is 24.0 Å². The minimum Gasteiger partial charge on any atom is -0.326 e. The number of nitrogens with zero attached hydrogens (tertiary/aromatic N) is 2. The number of carbonyl (C=O) groups excluding carboxylic acids is 2. The van der Waals surface area contributed by atoms with Gasteiger partial charge in [0.05, 0.1) is 17.7 Å². The Labute approximate surface area is 180 Å². The van der Waals surface area contributed by atoms with E-state index in [9.17, 15) is 22.8 Å². The fraction of sp³-hybridized carbons (Fsp3) is 0.227. The largest absolute Gasteiger partial charge is 0.416 e. The van der Waals surface area contributed by atoms with Gasteiger partial charge in [0.1, 0.15) is 0 Å². The summed E-state index contributed by atoms with van der Waals surface area (Å²) in [6, 6.07) is 11.7. The maximum Gasteiger partial charge on any atom is 0.416 e. The first kappa shape index (κ1) is 21.0. The molecule has 1 aliphatic rings. The number of benzene rings is 2. The Bertz CT molecular complexity index is 1110. The molecule has 1 saturated heterocycles. The Balaban J connectivity index is 1.39. The summed E-state index contributed by atoms with van der Waals surface area (Å²) in [5, 5.41) is 5.13. The molecule has 0 saturated carbocycles.